The number of carbonyl (C=O) groups excluding carboxylic acids is 1. The van der Waals surface area contributed by atoms with Crippen molar-refractivity contribution in [2.45, 2.75) is 33.2 Å². The molecule has 0 fully saturated rings. The maximum Gasteiger partial charge on any atom is 0.323 e. The summed E-state index contributed by atoms with van der Waals surface area (Å²) in [6.45, 7) is 6.41. The molecule has 0 aromatic carbocycles. The first kappa shape index (κ1) is 14.9. The van der Waals surface area contributed by atoms with Crippen molar-refractivity contribution in [1.82, 2.24) is 9.88 Å². The van der Waals surface area contributed by atoms with E-state index in [-0.39, 0.29) is 5.56 Å². The van der Waals surface area contributed by atoms with E-state index in [1.165, 1.54) is 12.3 Å². The Balaban J connectivity index is 3.20. The summed E-state index contributed by atoms with van der Waals surface area (Å²) in [5, 5.41) is 8.88. The predicted octanol–water partition coefficient (Wildman–Crippen LogP) is 1.01. The Kier molecular flexibility index (Phi) is 4.14. The monoisotopic (exact) mass is 266 g/mol. The summed E-state index contributed by atoms with van der Waals surface area (Å²) in [4.78, 5) is 38.9. The Labute approximate surface area is 111 Å². The summed E-state index contributed by atoms with van der Waals surface area (Å²) in [5.74, 6) is -1.71. The highest BCUT2D eigenvalue weighted by Gasteiger charge is 2.30. The van der Waals surface area contributed by atoms with Crippen LogP contribution in [0.1, 0.15) is 36.8 Å². The number of amides is 1. The number of hydrogen-bond acceptors (Lipinski definition) is 3. The van der Waals surface area contributed by atoms with Crippen molar-refractivity contribution in [3.8, 4) is 0 Å². The van der Waals surface area contributed by atoms with Gasteiger partial charge in [-0.1, -0.05) is 0 Å². The minimum Gasteiger partial charge on any atom is -0.480 e. The van der Waals surface area contributed by atoms with E-state index in [2.05, 4.69) is 4.98 Å². The van der Waals surface area contributed by atoms with Gasteiger partial charge in [-0.3, -0.25) is 14.4 Å². The highest BCUT2D eigenvalue weighted by Crippen LogP contribution is 2.15. The van der Waals surface area contributed by atoms with E-state index in [0.29, 0.717) is 5.69 Å². The Morgan fingerprint density at radius 1 is 1.37 bits per heavy atom. The molecule has 1 heterocycles. The lowest BCUT2D eigenvalue weighted by molar-refractivity contribution is -0.138. The number of carboxylic acids is 1. The summed E-state index contributed by atoms with van der Waals surface area (Å²) >= 11 is 0. The van der Waals surface area contributed by atoms with E-state index in [0.717, 1.165) is 4.90 Å². The smallest absolute Gasteiger partial charge is 0.323 e. The van der Waals surface area contributed by atoms with Gasteiger partial charge in [0.2, 0.25) is 0 Å². The van der Waals surface area contributed by atoms with Gasteiger partial charge in [0.05, 0.1) is 0 Å². The van der Waals surface area contributed by atoms with Crippen LogP contribution in [0.4, 0.5) is 0 Å². The number of pyridine rings is 1. The third-order valence-corrected chi connectivity index (χ3v) is 2.64. The maximum absolute atomic E-state index is 12.3. The number of carbonyl (C=O) groups is 2. The third kappa shape index (κ3) is 3.67. The van der Waals surface area contributed by atoms with Crippen LogP contribution in [0.2, 0.25) is 0 Å². The second kappa shape index (κ2) is 5.26. The molecule has 1 aromatic rings. The Morgan fingerprint density at radius 3 is 2.37 bits per heavy atom. The zero-order valence-electron chi connectivity index (χ0n) is 11.5. The molecule has 6 heteroatoms. The average Bonchev–Trinajstić information content (AvgIpc) is 2.23. The van der Waals surface area contributed by atoms with E-state index in [9.17, 15) is 14.4 Å². The first-order chi connectivity index (χ1) is 8.62. The highest BCUT2D eigenvalue weighted by atomic mass is 16.4. The van der Waals surface area contributed by atoms with Crippen molar-refractivity contribution < 1.29 is 14.7 Å². The van der Waals surface area contributed by atoms with Gasteiger partial charge in [0, 0.05) is 23.5 Å². The molecule has 1 rings (SSSR count). The molecule has 0 atom stereocenters. The molecule has 0 unspecified atom stereocenters. The number of aromatic amines is 1. The predicted molar refractivity (Wildman–Crippen MR) is 70.2 cm³/mol. The molecule has 104 valence electrons. The molecule has 1 aromatic heterocycles. The first-order valence-electron chi connectivity index (χ1n) is 5.86. The van der Waals surface area contributed by atoms with Crippen molar-refractivity contribution in [3.63, 3.8) is 0 Å². The van der Waals surface area contributed by atoms with Gasteiger partial charge < -0.3 is 15.0 Å². The van der Waals surface area contributed by atoms with Crippen molar-refractivity contribution in [2.75, 3.05) is 6.54 Å². The summed E-state index contributed by atoms with van der Waals surface area (Å²) in [7, 11) is 0. The van der Waals surface area contributed by atoms with Gasteiger partial charge in [0.1, 0.15) is 12.1 Å². The molecule has 2 N–H and O–H groups in total. The molecule has 0 spiro atoms. The number of aliphatic carboxylic acids is 1. The number of nitrogens with zero attached hydrogens (tertiary/aromatic N) is 1. The van der Waals surface area contributed by atoms with Gasteiger partial charge in [-0.05, 0) is 27.7 Å². The minimum atomic E-state index is -1.12. The van der Waals surface area contributed by atoms with E-state index < -0.39 is 29.4 Å². The number of hydrogen-bond donors (Lipinski definition) is 2. The molecule has 0 radical (unpaired) electrons. The van der Waals surface area contributed by atoms with E-state index in [4.69, 9.17) is 5.11 Å². The van der Waals surface area contributed by atoms with Crippen molar-refractivity contribution in [2.24, 2.45) is 0 Å². The Bertz CT molecular complexity index is 554. The van der Waals surface area contributed by atoms with Crippen LogP contribution in [0.5, 0.6) is 0 Å². The van der Waals surface area contributed by atoms with Gasteiger partial charge in [0.25, 0.3) is 5.91 Å². The SMILES string of the molecule is Cc1cc(=O)c(C(=O)N(CC(=O)O)C(C)(C)C)c[nH]1. The van der Waals surface area contributed by atoms with Crippen molar-refractivity contribution in [1.29, 1.82) is 0 Å². The lowest BCUT2D eigenvalue weighted by Crippen LogP contribution is -2.49. The normalized spacial score (nSPS) is 11.2. The number of aromatic nitrogens is 1. The van der Waals surface area contributed by atoms with Gasteiger partial charge in [-0.2, -0.15) is 0 Å². The quantitative estimate of drug-likeness (QED) is 0.854. The summed E-state index contributed by atoms with van der Waals surface area (Å²) in [6, 6.07) is 1.31. The van der Waals surface area contributed by atoms with Gasteiger partial charge in [-0.15, -0.1) is 0 Å². The molecular formula is C13H18N2O4. The lowest BCUT2D eigenvalue weighted by atomic mass is 10.0. The number of carboxylic acid groups (broad SMARTS) is 1. The fraction of sp³-hybridized carbons (Fsp3) is 0.462. The zero-order chi connectivity index (χ0) is 14.8. The minimum absolute atomic E-state index is 0.0539. The zero-order valence-corrected chi connectivity index (χ0v) is 11.5. The highest BCUT2D eigenvalue weighted by molar-refractivity contribution is 5.96. The van der Waals surface area contributed by atoms with E-state index in [1.807, 2.05) is 0 Å². The molecule has 0 saturated heterocycles. The number of H-pyrrole nitrogens is 1. The van der Waals surface area contributed by atoms with Crippen LogP contribution in [-0.2, 0) is 4.79 Å². The van der Waals surface area contributed by atoms with Gasteiger partial charge >= 0.3 is 5.97 Å². The van der Waals surface area contributed by atoms with E-state index in [1.54, 1.807) is 27.7 Å². The fourth-order valence-corrected chi connectivity index (χ4v) is 1.63. The molecule has 1 amide bonds. The van der Waals surface area contributed by atoms with Crippen LogP contribution in [0, 0.1) is 6.92 Å². The van der Waals surface area contributed by atoms with Crippen LogP contribution in [0.15, 0.2) is 17.1 Å². The van der Waals surface area contributed by atoms with Gasteiger partial charge in [-0.25, -0.2) is 0 Å². The average molecular weight is 266 g/mol. The molecule has 0 bridgehead atoms. The number of nitrogens with one attached hydrogen (secondary N) is 1. The Morgan fingerprint density at radius 2 is 1.95 bits per heavy atom. The largest absolute Gasteiger partial charge is 0.480 e. The molecular weight excluding hydrogens is 248 g/mol. The molecule has 19 heavy (non-hydrogen) atoms. The number of aryl methyl sites for hydroxylation is 1. The lowest BCUT2D eigenvalue weighted by Gasteiger charge is -2.34. The number of rotatable bonds is 3. The summed E-state index contributed by atoms with van der Waals surface area (Å²) in [6.07, 6.45) is 1.32. The maximum atomic E-state index is 12.3. The second-order valence-corrected chi connectivity index (χ2v) is 5.35. The first-order valence-corrected chi connectivity index (χ1v) is 5.86. The molecule has 0 aliphatic heterocycles. The summed E-state index contributed by atoms with van der Waals surface area (Å²) < 4.78 is 0. The van der Waals surface area contributed by atoms with Crippen LogP contribution >= 0.6 is 0 Å². The van der Waals surface area contributed by atoms with Crippen molar-refractivity contribution >= 4 is 11.9 Å². The van der Waals surface area contributed by atoms with Crippen LogP contribution in [-0.4, -0.2) is 39.0 Å². The molecule has 0 saturated carbocycles. The Hall–Kier alpha value is -2.11. The van der Waals surface area contributed by atoms with Gasteiger partial charge in [0.15, 0.2) is 5.43 Å². The van der Waals surface area contributed by atoms with Crippen LogP contribution in [0.25, 0.3) is 0 Å². The topological polar surface area (TPSA) is 90.5 Å². The fourth-order valence-electron chi connectivity index (χ4n) is 1.63. The summed E-state index contributed by atoms with van der Waals surface area (Å²) in [5.41, 5.74) is -0.517. The van der Waals surface area contributed by atoms with Crippen molar-refractivity contribution in [3.05, 3.63) is 33.7 Å². The third-order valence-electron chi connectivity index (χ3n) is 2.64. The standard InChI is InChI=1S/C13H18N2O4/c1-8-5-10(16)9(6-14-8)12(19)15(7-11(17)18)13(2,3)4/h5-6H,7H2,1-4H3,(H,14,16)(H,17,18). The van der Waals surface area contributed by atoms with Crippen LogP contribution in [0.3, 0.4) is 0 Å². The van der Waals surface area contributed by atoms with E-state index >= 15 is 0 Å². The molecule has 0 aliphatic carbocycles. The van der Waals surface area contributed by atoms with Crippen LogP contribution < -0.4 is 5.43 Å². The second-order valence-electron chi connectivity index (χ2n) is 5.35. The molecule has 0 aliphatic rings. The molecule has 6 nitrogen and oxygen atoms in total.